The average Bonchev–Trinajstić information content (AvgIpc) is 1.66. The molecule has 38 heteroatoms. The van der Waals surface area contributed by atoms with E-state index in [1.807, 2.05) is 182 Å². The van der Waals surface area contributed by atoms with Crippen molar-refractivity contribution in [2.75, 3.05) is 79.5 Å². The molecule has 0 aromatic heterocycles. The molecule has 11 heterocycles. The molecule has 2 unspecified atom stereocenters. The van der Waals surface area contributed by atoms with Crippen molar-refractivity contribution in [3.8, 4) is 0 Å². The molecule has 11 aliphatic rings. The monoisotopic (exact) mass is 1960 g/mol. The second-order valence-corrected chi connectivity index (χ2v) is 37.0. The lowest BCUT2D eigenvalue weighted by atomic mass is 9.98. The number of amides is 13. The summed E-state index contributed by atoms with van der Waals surface area (Å²) in [4.78, 5) is 180. The number of aliphatic carboxylic acids is 3. The van der Waals surface area contributed by atoms with Crippen molar-refractivity contribution in [2.45, 2.75) is 269 Å². The average molecular weight is 1960 g/mol. The lowest BCUT2D eigenvalue weighted by Crippen LogP contribution is -2.51. The summed E-state index contributed by atoms with van der Waals surface area (Å²) < 4.78 is 6.81. The number of esters is 1. The van der Waals surface area contributed by atoms with Crippen LogP contribution >= 0.6 is 0 Å². The van der Waals surface area contributed by atoms with Gasteiger partial charge in [0.15, 0.2) is 5.78 Å². The van der Waals surface area contributed by atoms with Crippen LogP contribution in [0, 0.1) is 0 Å². The number of carbonyl (C=O) groups excluding carboxylic acids is 10. The minimum Gasteiger partial charge on any atom is -0.480 e. The Morgan fingerprint density at radius 2 is 0.674 bits per heavy atom. The molecule has 768 valence electrons. The van der Waals surface area contributed by atoms with Gasteiger partial charge >= 0.3 is 54.0 Å². The largest absolute Gasteiger partial charge is 0.480 e. The summed E-state index contributed by atoms with van der Waals surface area (Å²) in [5.41, 5.74) is 28.7. The Kier molecular flexibility index (Phi) is 45.5. The van der Waals surface area contributed by atoms with Crippen LogP contribution in [-0.4, -0.2) is 299 Å². The molecule has 12 atom stereocenters. The van der Waals surface area contributed by atoms with E-state index in [-0.39, 0.29) is 114 Å². The van der Waals surface area contributed by atoms with Crippen molar-refractivity contribution >= 4 is 83.2 Å². The summed E-state index contributed by atoms with van der Waals surface area (Å²) in [6.45, 7) is 22.0. The first kappa shape index (κ1) is 112. The van der Waals surface area contributed by atoms with Gasteiger partial charge in [-0.05, 0) is 150 Å². The van der Waals surface area contributed by atoms with Crippen molar-refractivity contribution in [1.29, 1.82) is 0 Å². The van der Waals surface area contributed by atoms with E-state index in [1.54, 1.807) is 45.5 Å². The van der Waals surface area contributed by atoms with Crippen LogP contribution in [0.5, 0.6) is 0 Å². The highest BCUT2D eigenvalue weighted by Crippen LogP contribution is 2.36. The predicted octanol–water partition coefficient (Wildman–Crippen LogP) is 10.4. The van der Waals surface area contributed by atoms with E-state index in [1.165, 1.54) is 107 Å². The number of nitrogens with zero attached hydrogens (tertiary/aromatic N) is 11. The fraction of sp³-hybridized carbons (Fsp3) is 0.524. The zero-order valence-electron chi connectivity index (χ0n) is 82.5. The van der Waals surface area contributed by atoms with Gasteiger partial charge in [0.2, 0.25) is 17.7 Å². The smallest absolute Gasteiger partial charge is 0.414 e. The second-order valence-electron chi connectivity index (χ2n) is 37.0. The van der Waals surface area contributed by atoms with Crippen LogP contribution in [0.25, 0.3) is 0 Å². The van der Waals surface area contributed by atoms with Gasteiger partial charge in [-0.3, -0.25) is 43.3 Å². The Morgan fingerprint density at radius 1 is 0.383 bits per heavy atom. The van der Waals surface area contributed by atoms with E-state index >= 15 is 0 Å². The fourth-order valence-electron chi connectivity index (χ4n) is 18.7. The van der Waals surface area contributed by atoms with Gasteiger partial charge in [-0.25, -0.2) is 38.4 Å². The number of nitrogens with two attached hydrogens (primary N) is 3. The van der Waals surface area contributed by atoms with E-state index in [4.69, 9.17) is 66.2 Å². The van der Waals surface area contributed by atoms with Crippen LogP contribution in [0.3, 0.4) is 0 Å². The number of urea groups is 5. The molecule has 11 saturated heterocycles. The van der Waals surface area contributed by atoms with Crippen LogP contribution < -0.4 is 33.7 Å². The van der Waals surface area contributed by atoms with Gasteiger partial charge in [-0.2, -0.15) is 20.7 Å². The number of piperidine rings is 6. The molecule has 17 rings (SSSR count). The minimum atomic E-state index is -1.82. The number of unbranched alkanes of at least 4 members (excludes halogenated alkanes) is 4. The van der Waals surface area contributed by atoms with Crippen molar-refractivity contribution < 1.29 is 112 Å². The zero-order valence-corrected chi connectivity index (χ0v) is 82.5. The maximum atomic E-state index is 12.3. The molecule has 0 aliphatic carbocycles. The molecule has 141 heavy (non-hydrogen) atoms. The number of benzene rings is 6. The number of Topliss-reactive ketones (excluding diaryl/α,β-unsaturated/α-hetero) is 1. The van der Waals surface area contributed by atoms with Crippen molar-refractivity contribution in [1.82, 2.24) is 60.3 Å². The van der Waals surface area contributed by atoms with Gasteiger partial charge in [0.05, 0.1) is 69.0 Å². The van der Waals surface area contributed by atoms with Crippen LogP contribution in [0.2, 0.25) is 0 Å². The number of likely N-dealkylation sites (N-methyl/N-ethyl adjacent to an activating group) is 2. The third-order valence-corrected chi connectivity index (χ3v) is 26.9. The normalized spacial score (nSPS) is 22.5. The summed E-state index contributed by atoms with van der Waals surface area (Å²) in [5.74, 6) is -5.94. The molecule has 38 nitrogen and oxygen atoms in total. The maximum absolute atomic E-state index is 12.3. The molecule has 6 aromatic rings. The highest BCUT2D eigenvalue weighted by Gasteiger charge is 2.52. The quantitative estimate of drug-likeness (QED) is 0.00800. The number of carboxylic acid groups (broad SMARTS) is 3. The van der Waals surface area contributed by atoms with E-state index < -0.39 is 35.9 Å². The Hall–Kier alpha value is -12.7. The van der Waals surface area contributed by atoms with Gasteiger partial charge < -0.3 is 87.1 Å². The maximum Gasteiger partial charge on any atom is 0.414 e. The van der Waals surface area contributed by atoms with Crippen LogP contribution in [0.15, 0.2) is 182 Å². The second kappa shape index (κ2) is 57.3. The molecular weight excluding hydrogens is 1810 g/mol. The number of hydrogen-bond acceptors (Lipinski definition) is 20. The fourth-order valence-corrected chi connectivity index (χ4v) is 18.7. The van der Waals surface area contributed by atoms with E-state index in [0.717, 1.165) is 78.5 Å². The third kappa shape index (κ3) is 33.5. The Morgan fingerprint density at radius 3 is 0.972 bits per heavy atom. The number of carboxylic acids is 3. The number of carbonyl (C=O) groups is 13. The van der Waals surface area contributed by atoms with Crippen molar-refractivity contribution in [3.05, 3.63) is 210 Å². The molecule has 11 fully saturated rings. The van der Waals surface area contributed by atoms with Gasteiger partial charge in [-0.15, -0.1) is 0 Å². The van der Waals surface area contributed by atoms with Gasteiger partial charge in [0.1, 0.15) is 62.3 Å². The molecule has 14 N–H and O–H groups in total. The highest BCUT2D eigenvalue weighted by molar-refractivity contribution is 6.27. The van der Waals surface area contributed by atoms with Crippen LogP contribution in [0.1, 0.15) is 191 Å². The lowest BCUT2D eigenvalue weighted by molar-refractivity contribution is -0.929. The number of ether oxygens (including phenoxy) is 1. The Balaban J connectivity index is 0.000000181. The predicted molar refractivity (Wildman–Crippen MR) is 524 cm³/mol. The molecule has 0 spiro atoms. The first-order valence-corrected chi connectivity index (χ1v) is 49.3. The lowest BCUT2D eigenvalue weighted by Gasteiger charge is -2.39. The summed E-state index contributed by atoms with van der Waals surface area (Å²) in [7, 11) is 3.55. The Labute approximate surface area is 826 Å². The van der Waals surface area contributed by atoms with Gasteiger partial charge in [-0.1, -0.05) is 223 Å². The standard InChI is InChI=1S/C20H24N2O3.C16H36N.C15H18N2O3.C14H17N3O3.C14H16N2O4.2C8H13N3O2.C6H7N.C2H2O4/c23-20(24-14-16-7-3-1-4-8-16)19-12-11-18(13-21-19)22-25-15-17-9-5-2-6-10-17;1-5-9-13-17(14-10-6-2,15-11-7-3)16-12-8-4;1-11(18)14-8-7-13-9-16(14)15(19)17(13)20-10-12-5-3-2-4-6-12;15-13(18)12-7-6-11-8-16(12)14(19)17(11)20-9-10-4-2-1-3-5-10;17-13(18)12-7-6-11-8-15(12)14(19)16(11)20-9-10-4-2-1-3-5-10;2*1-10-5-2-3-6(7(9)12)11(4-5)8(10)13;7-6-4-2-1-3-5-6;3-1(4)2(5)6/h1-10,18-19,21-22H,11-15H2;5-16H2,1-4H3;2-6,13-14H,7-10H2,1H3;1-5,11-12H,6-9H2,(H2,15,18);1-5,11-12H,6-9H2,(H,17,18);2*5-6H,2-4H2,1H3,(H2,9,12);1-5H,7H2;(H,3,4)(H,5,6)/q;+1;;;;;;;/p+1/t18?,19-;;13?,14-;2*11-,12+;2*5-,6+;;/m0.01111../s1. The molecule has 0 radical (unpaired) electrons. The molecule has 13 amide bonds. The first-order valence-electron chi connectivity index (χ1n) is 49.3. The first-order chi connectivity index (χ1) is 67.8. The molecule has 11 aliphatic heterocycles. The summed E-state index contributed by atoms with van der Waals surface area (Å²) >= 11 is 0. The van der Waals surface area contributed by atoms with E-state index in [9.17, 15) is 52.7 Å². The van der Waals surface area contributed by atoms with E-state index in [0.29, 0.717) is 104 Å². The van der Waals surface area contributed by atoms with Gasteiger partial charge in [0.25, 0.3) is 0 Å². The summed E-state index contributed by atoms with van der Waals surface area (Å²) in [6.07, 6.45) is 19.9. The number of hydrogen-bond donors (Lipinski definition) is 9. The van der Waals surface area contributed by atoms with Crippen LogP contribution in [-0.2, 0) is 95.5 Å². The SMILES string of the molecule is CC(=O)[C@@H]1CCC2CN1C(=O)N2OCc1ccccc1.CCCC[N+](CCCC)(CCCC)CCCC.CN1C(=O)N2C[C@H]1CC[C@H]2C(N)=O.CN1C(=O)N2C[C@H]1CC[C@H]2C(N)=O.NC(=O)[C@@H]1CC[C@@H]2CN1C(=O)N2OCc1ccccc1.O=C(O)C(=O)O.O=C(O)[C@@H]1CC[C@@H]2CN1C(=O)N2OCc1ccccc1.O=C(OCc1ccccc1)[C@@H]1CCC(NOCc2ccccc2)CN1.[NH3+]c1ccccc1. The number of nitrogens with one attached hydrogen (secondary N) is 2. The number of hydroxylamine groups is 7. The molecule has 6 aromatic carbocycles. The number of quaternary nitrogens is 2. The minimum absolute atomic E-state index is 0.0156. The zero-order chi connectivity index (χ0) is 102. The Bertz CT molecular complexity index is 4620. The highest BCUT2D eigenvalue weighted by atomic mass is 16.7. The summed E-state index contributed by atoms with van der Waals surface area (Å²) in [5, 5.41) is 31.3. The number of ketones is 1. The van der Waals surface area contributed by atoms with Gasteiger partial charge in [0, 0.05) is 59.4 Å². The van der Waals surface area contributed by atoms with Crippen LogP contribution in [0.4, 0.5) is 29.7 Å². The number of primary amides is 3. The van der Waals surface area contributed by atoms with E-state index in [2.05, 4.69) is 44.2 Å². The topological polar surface area (TPSA) is 491 Å². The third-order valence-electron chi connectivity index (χ3n) is 26.9. The van der Waals surface area contributed by atoms with Crippen molar-refractivity contribution in [2.24, 2.45) is 17.2 Å². The molecule has 0 saturated carbocycles. The number of fused-ring (bicyclic) bond motifs is 10. The van der Waals surface area contributed by atoms with Crippen molar-refractivity contribution in [3.63, 3.8) is 0 Å². The molecule has 10 bridgehead atoms. The number of rotatable bonds is 33. The molecular formula is C103H147N17O21+2. The summed E-state index contributed by atoms with van der Waals surface area (Å²) in [6, 6.07) is 56.0.